The zero-order valence-corrected chi connectivity index (χ0v) is 16.1. The highest BCUT2D eigenvalue weighted by molar-refractivity contribution is 9.10. The molecule has 0 unspecified atom stereocenters. The maximum atomic E-state index is 12.7. The van der Waals surface area contributed by atoms with E-state index in [0.29, 0.717) is 11.5 Å². The first-order chi connectivity index (χ1) is 11.4. The molecule has 126 valence electrons. The van der Waals surface area contributed by atoms with E-state index < -0.39 is 6.17 Å². The molecule has 0 fully saturated rings. The number of nitrogens with one attached hydrogen (secondary N) is 2. The summed E-state index contributed by atoms with van der Waals surface area (Å²) in [5.74, 6) is 0.553. The van der Waals surface area contributed by atoms with Gasteiger partial charge in [-0.2, -0.15) is 0 Å². The third-order valence-corrected chi connectivity index (χ3v) is 6.59. The Labute approximate surface area is 157 Å². The maximum absolute atomic E-state index is 12.7. The van der Waals surface area contributed by atoms with Gasteiger partial charge in [-0.15, -0.1) is 11.3 Å². The molecule has 4 nitrogen and oxygen atoms in total. The highest BCUT2D eigenvalue weighted by Crippen LogP contribution is 2.44. The average Bonchev–Trinajstić information content (AvgIpc) is 2.88. The summed E-state index contributed by atoms with van der Waals surface area (Å²) in [4.78, 5) is 14.0. The molecule has 4 rings (SSSR count). The Morgan fingerprint density at radius 3 is 2.96 bits per heavy atom. The lowest BCUT2D eigenvalue weighted by Gasteiger charge is -2.27. The van der Waals surface area contributed by atoms with Gasteiger partial charge in [0, 0.05) is 14.9 Å². The molecule has 24 heavy (non-hydrogen) atoms. The van der Waals surface area contributed by atoms with E-state index in [1.165, 1.54) is 10.4 Å². The van der Waals surface area contributed by atoms with Crippen molar-refractivity contribution in [2.75, 3.05) is 5.32 Å². The summed E-state index contributed by atoms with van der Waals surface area (Å²) in [7, 11) is 0. The number of hydrogen-bond acceptors (Lipinski definition) is 4. The van der Waals surface area contributed by atoms with Crippen LogP contribution in [0.25, 0.3) is 0 Å². The van der Waals surface area contributed by atoms with E-state index in [-0.39, 0.29) is 16.7 Å². The van der Waals surface area contributed by atoms with Crippen molar-refractivity contribution in [3.63, 3.8) is 0 Å². The van der Waals surface area contributed by atoms with Crippen LogP contribution in [0.2, 0.25) is 5.02 Å². The predicted molar refractivity (Wildman–Crippen MR) is 100 cm³/mol. The summed E-state index contributed by atoms with van der Waals surface area (Å²) >= 11 is 11.1. The molecule has 1 amide bonds. The van der Waals surface area contributed by atoms with E-state index in [4.69, 9.17) is 11.6 Å². The largest absolute Gasteiger partial charge is 0.506 e. The van der Waals surface area contributed by atoms with Crippen LogP contribution in [0.1, 0.15) is 45.9 Å². The summed E-state index contributed by atoms with van der Waals surface area (Å²) in [5.41, 5.74) is 2.51. The van der Waals surface area contributed by atoms with Gasteiger partial charge in [0.15, 0.2) is 0 Å². The quantitative estimate of drug-likeness (QED) is 0.610. The fourth-order valence-electron chi connectivity index (χ4n) is 3.42. The Kier molecular flexibility index (Phi) is 4.01. The van der Waals surface area contributed by atoms with Crippen molar-refractivity contribution in [2.45, 2.75) is 32.4 Å². The summed E-state index contributed by atoms with van der Waals surface area (Å²) in [6.45, 7) is 2.25. The normalized spacial score (nSPS) is 22.4. The van der Waals surface area contributed by atoms with Gasteiger partial charge in [-0.3, -0.25) is 4.79 Å². The fourth-order valence-corrected chi connectivity index (χ4v) is 5.69. The fraction of sp³-hybridized carbons (Fsp3) is 0.353. The van der Waals surface area contributed by atoms with Crippen LogP contribution in [0.4, 0.5) is 5.00 Å². The summed E-state index contributed by atoms with van der Waals surface area (Å²) < 4.78 is 0.751. The van der Waals surface area contributed by atoms with Crippen molar-refractivity contribution in [3.05, 3.63) is 43.2 Å². The Hall–Kier alpha value is -1.24. The topological polar surface area (TPSA) is 61.4 Å². The molecule has 3 N–H and O–H groups in total. The van der Waals surface area contributed by atoms with Crippen LogP contribution in [0.15, 0.2) is 16.6 Å². The van der Waals surface area contributed by atoms with Crippen LogP contribution >= 0.6 is 38.9 Å². The van der Waals surface area contributed by atoms with Crippen LogP contribution < -0.4 is 10.6 Å². The molecule has 2 aliphatic rings. The van der Waals surface area contributed by atoms with E-state index in [9.17, 15) is 9.90 Å². The van der Waals surface area contributed by atoms with Crippen LogP contribution in [0, 0.1) is 5.92 Å². The van der Waals surface area contributed by atoms with Crippen LogP contribution in [0.5, 0.6) is 5.75 Å². The SMILES string of the molecule is C[C@@H]1CCc2c(sc3c2C(=O)N[C@@H](c2cc(Br)cc(Cl)c2O)N3)C1. The molecule has 0 saturated heterocycles. The minimum absolute atomic E-state index is 0.0175. The van der Waals surface area contributed by atoms with Gasteiger partial charge in [-0.25, -0.2) is 0 Å². The van der Waals surface area contributed by atoms with Crippen LogP contribution in [0.3, 0.4) is 0 Å². The molecule has 2 atom stereocenters. The number of aromatic hydroxyl groups is 1. The number of halogens is 2. The van der Waals surface area contributed by atoms with E-state index >= 15 is 0 Å². The minimum atomic E-state index is -0.502. The van der Waals surface area contributed by atoms with Crippen LogP contribution in [-0.2, 0) is 12.8 Å². The number of carbonyl (C=O) groups is 1. The zero-order chi connectivity index (χ0) is 17.0. The van der Waals surface area contributed by atoms with E-state index in [2.05, 4.69) is 33.5 Å². The van der Waals surface area contributed by atoms with Gasteiger partial charge in [0.2, 0.25) is 0 Å². The molecule has 1 aromatic carbocycles. The van der Waals surface area contributed by atoms with Gasteiger partial charge in [-0.1, -0.05) is 34.5 Å². The Morgan fingerprint density at radius 2 is 2.17 bits per heavy atom. The van der Waals surface area contributed by atoms with Crippen molar-refractivity contribution in [3.8, 4) is 5.75 Å². The van der Waals surface area contributed by atoms with Crippen molar-refractivity contribution in [1.29, 1.82) is 0 Å². The number of amides is 1. The summed E-state index contributed by atoms with van der Waals surface area (Å²) in [5, 5.41) is 17.7. The maximum Gasteiger partial charge on any atom is 0.256 e. The molecular formula is C17H16BrClN2O2S. The van der Waals surface area contributed by atoms with Crippen molar-refractivity contribution in [1.82, 2.24) is 5.32 Å². The molecule has 0 radical (unpaired) electrons. The second-order valence-corrected chi connectivity index (χ2v) is 8.86. The first-order valence-electron chi connectivity index (χ1n) is 7.84. The lowest BCUT2D eigenvalue weighted by molar-refractivity contribution is 0.0935. The van der Waals surface area contributed by atoms with Crippen molar-refractivity contribution >= 4 is 49.8 Å². The second kappa shape index (κ2) is 5.93. The third-order valence-electron chi connectivity index (χ3n) is 4.66. The Balaban J connectivity index is 1.74. The molecule has 0 saturated carbocycles. The van der Waals surface area contributed by atoms with E-state index in [1.54, 1.807) is 23.5 Å². The molecule has 1 aliphatic carbocycles. The number of anilines is 1. The number of thiophene rings is 1. The van der Waals surface area contributed by atoms with Gasteiger partial charge in [0.1, 0.15) is 16.9 Å². The Morgan fingerprint density at radius 1 is 1.38 bits per heavy atom. The first kappa shape index (κ1) is 16.2. The standard InChI is InChI=1S/C17H16BrClN2O2S/c1-7-2-3-9-12(4-7)24-17-13(9)16(23)20-15(21-17)10-5-8(18)6-11(19)14(10)22/h5-7,15,21-22H,2-4H2,1H3,(H,20,23)/t7-,15-/m1/s1. The van der Waals surface area contributed by atoms with Crippen LogP contribution in [-0.4, -0.2) is 11.0 Å². The Bertz CT molecular complexity index is 852. The second-order valence-electron chi connectivity index (χ2n) is 6.43. The minimum Gasteiger partial charge on any atom is -0.506 e. The molecule has 0 spiro atoms. The molecule has 2 aromatic rings. The van der Waals surface area contributed by atoms with Gasteiger partial charge >= 0.3 is 0 Å². The zero-order valence-electron chi connectivity index (χ0n) is 13.0. The van der Waals surface area contributed by atoms with Gasteiger partial charge < -0.3 is 15.7 Å². The molecule has 1 aliphatic heterocycles. The number of carbonyl (C=O) groups excluding carboxylic acids is 1. The molecule has 2 heterocycles. The molecular weight excluding hydrogens is 412 g/mol. The smallest absolute Gasteiger partial charge is 0.256 e. The van der Waals surface area contributed by atoms with Crippen molar-refractivity contribution < 1.29 is 9.90 Å². The number of phenols is 1. The average molecular weight is 428 g/mol. The number of benzene rings is 1. The van der Waals surface area contributed by atoms with E-state index in [0.717, 1.165) is 34.3 Å². The lowest BCUT2D eigenvalue weighted by Crippen LogP contribution is -2.38. The first-order valence-corrected chi connectivity index (χ1v) is 9.82. The third kappa shape index (κ3) is 2.61. The number of hydrogen-bond donors (Lipinski definition) is 3. The molecule has 1 aromatic heterocycles. The van der Waals surface area contributed by atoms with Gasteiger partial charge in [-0.05, 0) is 42.9 Å². The number of fused-ring (bicyclic) bond motifs is 3. The summed E-state index contributed by atoms with van der Waals surface area (Å²) in [6.07, 6.45) is 2.60. The highest BCUT2D eigenvalue weighted by atomic mass is 79.9. The predicted octanol–water partition coefficient (Wildman–Crippen LogP) is 4.85. The van der Waals surface area contributed by atoms with Gasteiger partial charge in [0.25, 0.3) is 5.91 Å². The molecule has 7 heteroatoms. The van der Waals surface area contributed by atoms with Gasteiger partial charge in [0.05, 0.1) is 10.6 Å². The summed E-state index contributed by atoms with van der Waals surface area (Å²) in [6, 6.07) is 3.39. The highest BCUT2D eigenvalue weighted by Gasteiger charge is 2.34. The molecule has 0 bridgehead atoms. The monoisotopic (exact) mass is 426 g/mol. The number of phenolic OH excluding ortho intramolecular Hbond substituents is 1. The number of rotatable bonds is 1. The van der Waals surface area contributed by atoms with Crippen molar-refractivity contribution in [2.24, 2.45) is 5.92 Å². The van der Waals surface area contributed by atoms with E-state index in [1.807, 2.05) is 0 Å². The lowest BCUT2D eigenvalue weighted by atomic mass is 9.88.